The number of hydrogen-bond donors (Lipinski definition) is 6. The number of amides is 2. The van der Waals surface area contributed by atoms with E-state index in [1.165, 1.54) is 29.1 Å². The van der Waals surface area contributed by atoms with Crippen LogP contribution in [0.4, 0.5) is 5.82 Å². The van der Waals surface area contributed by atoms with Crippen LogP contribution in [0.5, 0.6) is 5.75 Å². The second-order valence-electron chi connectivity index (χ2n) is 9.41. The molecule has 1 aromatic carbocycles. The molecule has 1 saturated heterocycles. The molecule has 0 bridgehead atoms. The fourth-order valence-electron chi connectivity index (χ4n) is 4.33. The van der Waals surface area contributed by atoms with Gasteiger partial charge < -0.3 is 55.6 Å². The molecule has 1 aliphatic rings. The van der Waals surface area contributed by atoms with Crippen LogP contribution in [0.25, 0.3) is 11.0 Å². The lowest BCUT2D eigenvalue weighted by molar-refractivity contribution is -0.123. The summed E-state index contributed by atoms with van der Waals surface area (Å²) < 4.78 is 23.5. The maximum atomic E-state index is 12.2. The molecular weight excluding hydrogens is 576 g/mol. The highest BCUT2D eigenvalue weighted by atomic mass is 35.5. The molecule has 0 saturated carbocycles. The van der Waals surface area contributed by atoms with Gasteiger partial charge >= 0.3 is 0 Å². The first-order valence-electron chi connectivity index (χ1n) is 13.1. The van der Waals surface area contributed by atoms with Crippen LogP contribution < -0.4 is 21.5 Å². The fourth-order valence-corrected chi connectivity index (χ4v) is 4.50. The van der Waals surface area contributed by atoms with Gasteiger partial charge in [-0.15, -0.1) is 0 Å². The summed E-state index contributed by atoms with van der Waals surface area (Å²) in [5, 5.41) is 35.9. The number of rotatable bonds is 15. The zero-order chi connectivity index (χ0) is 30.2. The van der Waals surface area contributed by atoms with E-state index in [4.69, 9.17) is 42.0 Å². The second-order valence-corrected chi connectivity index (χ2v) is 9.81. The van der Waals surface area contributed by atoms with Gasteiger partial charge in [-0.25, -0.2) is 9.97 Å². The monoisotopic (exact) mass is 608 g/mol. The van der Waals surface area contributed by atoms with Crippen LogP contribution >= 0.6 is 11.6 Å². The number of nitrogens with one attached hydrogen (secondary N) is 1. The SMILES string of the molecule is NC(=O)CCOCCOCCNC(=O)COc1cc([C@@H](O)[C@H]2O[C@@H](n3ccc4c(N)ncnc43)[C@H](O)[C@@H]2O)ccc1Cl. The van der Waals surface area contributed by atoms with Crippen LogP contribution in [0, 0.1) is 0 Å². The van der Waals surface area contributed by atoms with Crippen molar-refractivity contribution < 1.29 is 43.9 Å². The fraction of sp³-hybridized carbons (Fsp3) is 0.462. The number of ether oxygens (including phenoxy) is 4. The molecule has 5 atom stereocenters. The molecule has 2 aromatic heterocycles. The highest BCUT2D eigenvalue weighted by Gasteiger charge is 2.47. The summed E-state index contributed by atoms with van der Waals surface area (Å²) in [7, 11) is 0. The number of aliphatic hydroxyl groups is 3. The molecule has 42 heavy (non-hydrogen) atoms. The number of benzene rings is 1. The summed E-state index contributed by atoms with van der Waals surface area (Å²) in [5.74, 6) is -0.493. The van der Waals surface area contributed by atoms with Gasteiger partial charge in [0, 0.05) is 19.2 Å². The van der Waals surface area contributed by atoms with Gasteiger partial charge in [0.1, 0.15) is 48.0 Å². The maximum Gasteiger partial charge on any atom is 0.258 e. The third-order valence-corrected chi connectivity index (χ3v) is 6.80. The van der Waals surface area contributed by atoms with Crippen molar-refractivity contribution in [2.75, 3.05) is 45.3 Å². The number of primary amides is 1. The summed E-state index contributed by atoms with van der Waals surface area (Å²) in [6, 6.07) is 6.08. The molecule has 228 valence electrons. The number of carbonyl (C=O) groups is 2. The topological polar surface area (TPSA) is 227 Å². The normalized spacial score (nSPS) is 21.0. The largest absolute Gasteiger partial charge is 0.482 e. The average molecular weight is 609 g/mol. The van der Waals surface area contributed by atoms with Gasteiger partial charge in [0.15, 0.2) is 12.8 Å². The average Bonchev–Trinajstić information content (AvgIpc) is 3.52. The summed E-state index contributed by atoms with van der Waals surface area (Å²) >= 11 is 6.23. The first kappa shape index (κ1) is 31.4. The second kappa shape index (κ2) is 14.6. The number of carbonyl (C=O) groups excluding carboxylic acids is 2. The highest BCUT2D eigenvalue weighted by molar-refractivity contribution is 6.32. The molecule has 4 rings (SSSR count). The van der Waals surface area contributed by atoms with E-state index in [0.29, 0.717) is 17.6 Å². The number of anilines is 1. The molecule has 0 radical (unpaired) electrons. The molecule has 15 nitrogen and oxygen atoms in total. The van der Waals surface area contributed by atoms with E-state index in [2.05, 4.69) is 15.3 Å². The van der Waals surface area contributed by atoms with E-state index < -0.39 is 42.5 Å². The van der Waals surface area contributed by atoms with Gasteiger partial charge in [-0.2, -0.15) is 0 Å². The van der Waals surface area contributed by atoms with Crippen LogP contribution in [0.2, 0.25) is 5.02 Å². The predicted octanol–water partition coefficient (Wildman–Crippen LogP) is -0.577. The summed E-state index contributed by atoms with van der Waals surface area (Å²) in [6.45, 7) is 0.916. The molecule has 8 N–H and O–H groups in total. The van der Waals surface area contributed by atoms with E-state index in [9.17, 15) is 24.9 Å². The first-order valence-corrected chi connectivity index (χ1v) is 13.4. The molecule has 16 heteroatoms. The molecule has 3 aromatic rings. The van der Waals surface area contributed by atoms with Crippen molar-refractivity contribution in [2.24, 2.45) is 5.73 Å². The Balaban J connectivity index is 1.27. The minimum Gasteiger partial charge on any atom is -0.482 e. The van der Waals surface area contributed by atoms with E-state index in [1.54, 1.807) is 12.3 Å². The first-order chi connectivity index (χ1) is 20.2. The Labute approximate surface area is 245 Å². The van der Waals surface area contributed by atoms with Crippen LogP contribution in [-0.2, 0) is 23.8 Å². The van der Waals surface area contributed by atoms with Crippen LogP contribution in [0.3, 0.4) is 0 Å². The lowest BCUT2D eigenvalue weighted by Gasteiger charge is -2.22. The third kappa shape index (κ3) is 7.63. The molecule has 1 fully saturated rings. The van der Waals surface area contributed by atoms with Gasteiger partial charge in [0.2, 0.25) is 5.91 Å². The molecule has 1 aliphatic heterocycles. The van der Waals surface area contributed by atoms with Crippen molar-refractivity contribution in [3.05, 3.63) is 47.4 Å². The molecule has 0 aliphatic carbocycles. The maximum absolute atomic E-state index is 12.2. The Morgan fingerprint density at radius 1 is 1.12 bits per heavy atom. The van der Waals surface area contributed by atoms with E-state index >= 15 is 0 Å². The van der Waals surface area contributed by atoms with E-state index in [-0.39, 0.29) is 61.5 Å². The van der Waals surface area contributed by atoms with Crippen LogP contribution in [-0.4, -0.2) is 99.6 Å². The highest BCUT2D eigenvalue weighted by Crippen LogP contribution is 2.39. The Kier molecular flexibility index (Phi) is 10.9. The Morgan fingerprint density at radius 3 is 2.64 bits per heavy atom. The van der Waals surface area contributed by atoms with Crippen molar-refractivity contribution in [1.82, 2.24) is 19.9 Å². The van der Waals surface area contributed by atoms with Crippen molar-refractivity contribution >= 4 is 40.3 Å². The quantitative estimate of drug-likeness (QED) is 0.119. The van der Waals surface area contributed by atoms with Crippen molar-refractivity contribution in [2.45, 2.75) is 37.1 Å². The molecule has 0 unspecified atom stereocenters. The van der Waals surface area contributed by atoms with Gasteiger partial charge in [0.05, 0.1) is 36.8 Å². The standard InChI is InChI=1S/C26H33ClN6O9/c27-16-2-1-14(11-17(16)41-12-19(35)30-5-8-40-10-9-39-7-4-18(28)34)20(36)23-21(37)22(38)26(42-23)33-6-3-15-24(29)31-13-32-25(15)33/h1-3,6,11,13,20-23,26,36-38H,4-5,7-10,12H2,(H2,28,34)(H,30,35)(H2,29,31,32)/t20-,21+,22-,23-,26-/m1/s1. The van der Waals surface area contributed by atoms with Crippen molar-refractivity contribution in [3.8, 4) is 5.75 Å². The Morgan fingerprint density at radius 2 is 1.88 bits per heavy atom. The minimum atomic E-state index is -1.45. The number of aromatic nitrogens is 3. The molecular formula is C26H33ClN6O9. The summed E-state index contributed by atoms with van der Waals surface area (Å²) in [5.41, 5.74) is 11.6. The van der Waals surface area contributed by atoms with Gasteiger partial charge in [-0.05, 0) is 23.8 Å². The van der Waals surface area contributed by atoms with Gasteiger partial charge in [-0.1, -0.05) is 17.7 Å². The van der Waals surface area contributed by atoms with E-state index in [0.717, 1.165) is 0 Å². The lowest BCUT2D eigenvalue weighted by atomic mass is 9.99. The predicted molar refractivity (Wildman–Crippen MR) is 148 cm³/mol. The number of aliphatic hydroxyl groups excluding tert-OH is 3. The molecule has 3 heterocycles. The van der Waals surface area contributed by atoms with Crippen molar-refractivity contribution in [3.63, 3.8) is 0 Å². The zero-order valence-corrected chi connectivity index (χ0v) is 23.2. The number of fused-ring (bicyclic) bond motifs is 1. The Bertz CT molecular complexity index is 1380. The summed E-state index contributed by atoms with van der Waals surface area (Å²) in [6.07, 6.45) is -3.48. The number of nitrogens with two attached hydrogens (primary N) is 2. The van der Waals surface area contributed by atoms with Crippen molar-refractivity contribution in [1.29, 1.82) is 0 Å². The number of halogens is 1. The molecule has 0 spiro atoms. The smallest absolute Gasteiger partial charge is 0.258 e. The number of nitrogens with zero attached hydrogens (tertiary/aromatic N) is 3. The minimum absolute atomic E-state index is 0.126. The van der Waals surface area contributed by atoms with Crippen LogP contribution in [0.1, 0.15) is 24.3 Å². The lowest BCUT2D eigenvalue weighted by Crippen LogP contribution is -2.34. The van der Waals surface area contributed by atoms with E-state index in [1.807, 2.05) is 0 Å². The third-order valence-electron chi connectivity index (χ3n) is 6.49. The van der Waals surface area contributed by atoms with Gasteiger partial charge in [0.25, 0.3) is 5.91 Å². The van der Waals surface area contributed by atoms with Gasteiger partial charge in [-0.3, -0.25) is 9.59 Å². The number of hydrogen-bond acceptors (Lipinski definition) is 12. The number of nitrogen functional groups attached to an aromatic ring is 1. The van der Waals surface area contributed by atoms with Crippen LogP contribution in [0.15, 0.2) is 36.8 Å². The Hall–Kier alpha value is -3.57. The zero-order valence-electron chi connectivity index (χ0n) is 22.5. The molecule has 2 amide bonds. The summed E-state index contributed by atoms with van der Waals surface area (Å²) in [4.78, 5) is 30.9.